The average molecular weight is 298 g/mol. The van der Waals surface area contributed by atoms with E-state index < -0.39 is 5.97 Å². The lowest BCUT2D eigenvalue weighted by Gasteiger charge is -2.31. The first-order chi connectivity index (χ1) is 9.41. The Bertz CT molecular complexity index is 432. The molecule has 0 atom stereocenters. The molecule has 0 saturated heterocycles. The first kappa shape index (κ1) is 16.5. The van der Waals surface area contributed by atoms with Crippen molar-refractivity contribution in [2.45, 2.75) is 39.3 Å². The number of aliphatic carboxylic acids is 1. The first-order valence-electron chi connectivity index (χ1n) is 6.66. The van der Waals surface area contributed by atoms with Crippen molar-refractivity contribution in [3.05, 3.63) is 22.4 Å². The molecular formula is C14H22N2O3S. The van der Waals surface area contributed by atoms with E-state index in [0.717, 1.165) is 5.56 Å². The largest absolute Gasteiger partial charge is 0.481 e. The number of urea groups is 1. The van der Waals surface area contributed by atoms with E-state index in [9.17, 15) is 9.59 Å². The van der Waals surface area contributed by atoms with Gasteiger partial charge in [-0.05, 0) is 42.7 Å². The molecular weight excluding hydrogens is 276 g/mol. The molecule has 1 N–H and O–H groups in total. The van der Waals surface area contributed by atoms with Gasteiger partial charge in [0, 0.05) is 32.6 Å². The highest BCUT2D eigenvalue weighted by molar-refractivity contribution is 7.07. The summed E-state index contributed by atoms with van der Waals surface area (Å²) in [6, 6.07) is 2.00. The topological polar surface area (TPSA) is 60.9 Å². The normalized spacial score (nSPS) is 10.6. The lowest BCUT2D eigenvalue weighted by molar-refractivity contribution is -0.137. The Labute approximate surface area is 123 Å². The van der Waals surface area contributed by atoms with E-state index in [2.05, 4.69) is 0 Å². The highest BCUT2D eigenvalue weighted by Crippen LogP contribution is 2.12. The predicted octanol–water partition coefficient (Wildman–Crippen LogP) is 2.88. The van der Waals surface area contributed by atoms with Gasteiger partial charge in [-0.25, -0.2) is 4.79 Å². The van der Waals surface area contributed by atoms with Crippen molar-refractivity contribution >= 4 is 23.3 Å². The molecule has 0 unspecified atom stereocenters. The van der Waals surface area contributed by atoms with Crippen LogP contribution in [0.2, 0.25) is 0 Å². The fraction of sp³-hybridized carbons (Fsp3) is 0.571. The van der Waals surface area contributed by atoms with Crippen molar-refractivity contribution in [3.63, 3.8) is 0 Å². The Kier molecular flexibility index (Phi) is 6.51. The number of hydrogen-bond acceptors (Lipinski definition) is 3. The predicted molar refractivity (Wildman–Crippen MR) is 79.9 cm³/mol. The maximum absolute atomic E-state index is 12.4. The summed E-state index contributed by atoms with van der Waals surface area (Å²) < 4.78 is 0. The molecule has 0 aromatic carbocycles. The van der Waals surface area contributed by atoms with Crippen LogP contribution in [0.25, 0.3) is 0 Å². The molecule has 112 valence electrons. The molecule has 1 rings (SSSR count). The fourth-order valence-corrected chi connectivity index (χ4v) is 2.58. The summed E-state index contributed by atoms with van der Waals surface area (Å²) in [4.78, 5) is 26.3. The first-order valence-corrected chi connectivity index (χ1v) is 7.60. The molecule has 1 heterocycles. The summed E-state index contributed by atoms with van der Waals surface area (Å²) in [5.74, 6) is -0.826. The minimum Gasteiger partial charge on any atom is -0.481 e. The highest BCUT2D eigenvalue weighted by atomic mass is 32.1. The molecule has 6 heteroatoms. The smallest absolute Gasteiger partial charge is 0.320 e. The third kappa shape index (κ3) is 5.21. The summed E-state index contributed by atoms with van der Waals surface area (Å²) in [5, 5.41) is 12.7. The van der Waals surface area contributed by atoms with Crippen LogP contribution in [-0.4, -0.2) is 46.5 Å². The molecule has 0 fully saturated rings. The lowest BCUT2D eigenvalue weighted by Crippen LogP contribution is -2.45. The third-order valence-corrected chi connectivity index (χ3v) is 3.72. The van der Waals surface area contributed by atoms with Gasteiger partial charge in [0.25, 0.3) is 0 Å². The Morgan fingerprint density at radius 2 is 2.10 bits per heavy atom. The molecule has 0 bridgehead atoms. The zero-order valence-electron chi connectivity index (χ0n) is 12.2. The van der Waals surface area contributed by atoms with Gasteiger partial charge >= 0.3 is 12.0 Å². The van der Waals surface area contributed by atoms with Gasteiger partial charge in [-0.3, -0.25) is 4.79 Å². The van der Waals surface area contributed by atoms with E-state index in [1.54, 1.807) is 28.2 Å². The summed E-state index contributed by atoms with van der Waals surface area (Å²) in [5.41, 5.74) is 1.11. The minimum atomic E-state index is -0.826. The second-order valence-electron chi connectivity index (χ2n) is 5.05. The van der Waals surface area contributed by atoms with Crippen molar-refractivity contribution in [2.24, 2.45) is 0 Å². The minimum absolute atomic E-state index is 0.0567. The van der Waals surface area contributed by atoms with Gasteiger partial charge in [0.15, 0.2) is 0 Å². The second-order valence-corrected chi connectivity index (χ2v) is 5.83. The zero-order valence-corrected chi connectivity index (χ0v) is 13.0. The van der Waals surface area contributed by atoms with Gasteiger partial charge in [0.2, 0.25) is 0 Å². The van der Waals surface area contributed by atoms with Gasteiger partial charge in [0.1, 0.15) is 0 Å². The molecule has 0 saturated carbocycles. The Morgan fingerprint density at radius 1 is 1.40 bits per heavy atom. The van der Waals surface area contributed by atoms with Crippen molar-refractivity contribution in [1.29, 1.82) is 0 Å². The van der Waals surface area contributed by atoms with Crippen molar-refractivity contribution < 1.29 is 14.7 Å². The average Bonchev–Trinajstić information content (AvgIpc) is 2.85. The number of amides is 2. The van der Waals surface area contributed by atoms with Crippen LogP contribution in [0.15, 0.2) is 16.8 Å². The maximum Gasteiger partial charge on any atom is 0.320 e. The van der Waals surface area contributed by atoms with Crippen molar-refractivity contribution in [2.75, 3.05) is 13.6 Å². The van der Waals surface area contributed by atoms with Crippen LogP contribution < -0.4 is 0 Å². The lowest BCUT2D eigenvalue weighted by atomic mass is 10.2. The van der Waals surface area contributed by atoms with Crippen LogP contribution in [0, 0.1) is 0 Å². The number of hydrogen-bond donors (Lipinski definition) is 1. The summed E-state index contributed by atoms with van der Waals surface area (Å²) in [7, 11) is 1.77. The number of thiophene rings is 1. The molecule has 0 radical (unpaired) electrons. The summed E-state index contributed by atoms with van der Waals surface area (Å²) in [6.07, 6.45) is 0.566. The fourth-order valence-electron chi connectivity index (χ4n) is 1.92. The van der Waals surface area contributed by atoms with E-state index in [0.29, 0.717) is 19.5 Å². The van der Waals surface area contributed by atoms with Crippen LogP contribution in [0.4, 0.5) is 4.79 Å². The SMILES string of the molecule is CC(C)N(CCCC(=O)O)C(=O)N(C)Cc1ccsc1. The molecule has 20 heavy (non-hydrogen) atoms. The van der Waals surface area contributed by atoms with Crippen molar-refractivity contribution in [3.8, 4) is 0 Å². The number of carbonyl (C=O) groups excluding carboxylic acids is 1. The second kappa shape index (κ2) is 7.89. The van der Waals surface area contributed by atoms with Gasteiger partial charge in [0.05, 0.1) is 0 Å². The van der Waals surface area contributed by atoms with E-state index in [1.807, 2.05) is 30.7 Å². The molecule has 1 aromatic rings. The van der Waals surface area contributed by atoms with Gasteiger partial charge in [-0.2, -0.15) is 11.3 Å². The summed E-state index contributed by atoms with van der Waals surface area (Å²) in [6.45, 7) is 4.93. The molecule has 2 amide bonds. The molecule has 0 aliphatic rings. The quantitative estimate of drug-likeness (QED) is 0.842. The van der Waals surface area contributed by atoms with Crippen LogP contribution in [0.3, 0.4) is 0 Å². The van der Waals surface area contributed by atoms with Crippen LogP contribution in [0.1, 0.15) is 32.3 Å². The molecule has 5 nitrogen and oxygen atoms in total. The van der Waals surface area contributed by atoms with Gasteiger partial charge in [-0.1, -0.05) is 0 Å². The Morgan fingerprint density at radius 3 is 2.60 bits per heavy atom. The molecule has 0 aliphatic heterocycles. The van der Waals surface area contributed by atoms with E-state index in [-0.39, 0.29) is 18.5 Å². The zero-order chi connectivity index (χ0) is 15.1. The summed E-state index contributed by atoms with van der Waals surface area (Å²) >= 11 is 1.61. The number of rotatable bonds is 7. The third-order valence-electron chi connectivity index (χ3n) is 2.99. The van der Waals surface area contributed by atoms with Crippen LogP contribution in [0.5, 0.6) is 0 Å². The van der Waals surface area contributed by atoms with Gasteiger partial charge < -0.3 is 14.9 Å². The number of carbonyl (C=O) groups is 2. The Balaban J connectivity index is 2.56. The van der Waals surface area contributed by atoms with Crippen LogP contribution in [-0.2, 0) is 11.3 Å². The Hall–Kier alpha value is -1.56. The standard InChI is InChI=1S/C14H22N2O3S/c1-11(2)16(7-4-5-13(17)18)14(19)15(3)9-12-6-8-20-10-12/h6,8,10-11H,4-5,7,9H2,1-3H3,(H,17,18). The molecule has 0 aliphatic carbocycles. The van der Waals surface area contributed by atoms with E-state index in [4.69, 9.17) is 5.11 Å². The number of nitrogens with zero attached hydrogens (tertiary/aromatic N) is 2. The maximum atomic E-state index is 12.4. The van der Waals surface area contributed by atoms with Crippen LogP contribution >= 0.6 is 11.3 Å². The van der Waals surface area contributed by atoms with E-state index in [1.165, 1.54) is 0 Å². The van der Waals surface area contributed by atoms with E-state index >= 15 is 0 Å². The highest BCUT2D eigenvalue weighted by Gasteiger charge is 2.20. The number of carboxylic acids is 1. The molecule has 0 spiro atoms. The monoisotopic (exact) mass is 298 g/mol. The van der Waals surface area contributed by atoms with Gasteiger partial charge in [-0.15, -0.1) is 0 Å². The van der Waals surface area contributed by atoms with Crippen molar-refractivity contribution in [1.82, 2.24) is 9.80 Å². The molecule has 1 aromatic heterocycles. The number of carboxylic acid groups (broad SMARTS) is 1.